The van der Waals surface area contributed by atoms with E-state index in [9.17, 15) is 14.4 Å². The number of likely N-dealkylation sites (tertiary alicyclic amines) is 1. The van der Waals surface area contributed by atoms with Gasteiger partial charge in [0.25, 0.3) is 0 Å². The molecule has 0 N–H and O–H groups in total. The summed E-state index contributed by atoms with van der Waals surface area (Å²) in [5.41, 5.74) is -0.408. The fourth-order valence-electron chi connectivity index (χ4n) is 6.02. The molecule has 1 unspecified atom stereocenters. The Morgan fingerprint density at radius 3 is 2.42 bits per heavy atom. The van der Waals surface area contributed by atoms with Crippen molar-refractivity contribution in [2.75, 3.05) is 31.1 Å². The lowest BCUT2D eigenvalue weighted by molar-refractivity contribution is -0.145. The maximum Gasteiger partial charge on any atom is 0.241 e. The summed E-state index contributed by atoms with van der Waals surface area (Å²) < 4.78 is 15.1. The van der Waals surface area contributed by atoms with Crippen molar-refractivity contribution in [3.8, 4) is 0 Å². The van der Waals surface area contributed by atoms with E-state index in [0.29, 0.717) is 26.2 Å². The lowest BCUT2D eigenvalue weighted by Gasteiger charge is -2.37. The number of carbonyl (C=O) groups excluding carboxylic acids is 3. The minimum absolute atomic E-state index is 0.151. The quantitative estimate of drug-likeness (QED) is 0.597. The molecule has 2 aromatic rings. The normalized spacial score (nSPS) is 23.4. The average Bonchev–Trinajstić information content (AvgIpc) is 3.14. The molecule has 3 fully saturated rings. The number of hydrogen-bond donors (Lipinski definition) is 0. The molecule has 0 radical (unpaired) electrons. The smallest absolute Gasteiger partial charge is 0.241 e. The zero-order chi connectivity index (χ0) is 25.3. The van der Waals surface area contributed by atoms with Gasteiger partial charge >= 0.3 is 0 Å². The molecule has 3 heterocycles. The fourth-order valence-corrected chi connectivity index (χ4v) is 6.02. The minimum Gasteiger partial charge on any atom is -0.353 e. The zero-order valence-electron chi connectivity index (χ0n) is 20.8. The summed E-state index contributed by atoms with van der Waals surface area (Å²) in [5, 5.41) is 0. The molecule has 190 valence electrons. The van der Waals surface area contributed by atoms with E-state index in [1.807, 2.05) is 25.1 Å². The summed E-state index contributed by atoms with van der Waals surface area (Å²) in [6.45, 7) is 4.15. The molecule has 3 amide bonds. The first-order chi connectivity index (χ1) is 17.4. The van der Waals surface area contributed by atoms with E-state index in [1.54, 1.807) is 23.1 Å². The zero-order valence-corrected chi connectivity index (χ0v) is 20.8. The summed E-state index contributed by atoms with van der Waals surface area (Å²) in [6, 6.07) is 11.8. The SMILES string of the molecule is Cc1cccc(N2CCN(C(=O)CC3(c4ccccc4F)CC(=O)N(C4CCCCC4)C3=O)CC2)n1. The lowest BCUT2D eigenvalue weighted by atomic mass is 9.75. The van der Waals surface area contributed by atoms with Gasteiger partial charge in [-0.3, -0.25) is 19.3 Å². The van der Waals surface area contributed by atoms with E-state index in [2.05, 4.69) is 9.88 Å². The van der Waals surface area contributed by atoms with E-state index in [1.165, 1.54) is 11.0 Å². The van der Waals surface area contributed by atoms with Crippen molar-refractivity contribution < 1.29 is 18.8 Å². The van der Waals surface area contributed by atoms with Crippen LogP contribution in [0.4, 0.5) is 10.2 Å². The van der Waals surface area contributed by atoms with Gasteiger partial charge in [0.05, 0.1) is 5.41 Å². The number of halogens is 1. The molecule has 1 saturated carbocycles. The monoisotopic (exact) mass is 492 g/mol. The number of piperazine rings is 1. The van der Waals surface area contributed by atoms with Crippen molar-refractivity contribution >= 4 is 23.5 Å². The Labute approximate surface area is 211 Å². The van der Waals surface area contributed by atoms with E-state index in [0.717, 1.165) is 43.6 Å². The molecule has 2 saturated heterocycles. The van der Waals surface area contributed by atoms with E-state index in [4.69, 9.17) is 0 Å². The molecular formula is C28H33FN4O3. The highest BCUT2D eigenvalue weighted by Crippen LogP contribution is 2.43. The van der Waals surface area contributed by atoms with Crippen LogP contribution in [-0.4, -0.2) is 64.7 Å². The molecule has 0 spiro atoms. The number of aromatic nitrogens is 1. The Morgan fingerprint density at radius 2 is 1.72 bits per heavy atom. The van der Waals surface area contributed by atoms with Crippen LogP contribution in [0, 0.1) is 12.7 Å². The highest BCUT2D eigenvalue weighted by molar-refractivity contribution is 6.11. The Balaban J connectivity index is 1.37. The van der Waals surface area contributed by atoms with Gasteiger partial charge in [0.2, 0.25) is 17.7 Å². The molecule has 36 heavy (non-hydrogen) atoms. The predicted molar refractivity (Wildman–Crippen MR) is 134 cm³/mol. The first kappa shape index (κ1) is 24.4. The van der Waals surface area contributed by atoms with Crippen molar-refractivity contribution in [2.45, 2.75) is 63.3 Å². The van der Waals surface area contributed by atoms with Crippen LogP contribution in [0.1, 0.15) is 56.2 Å². The third-order valence-corrected chi connectivity index (χ3v) is 7.96. The van der Waals surface area contributed by atoms with Crippen molar-refractivity contribution in [2.24, 2.45) is 0 Å². The summed E-state index contributed by atoms with van der Waals surface area (Å²) >= 11 is 0. The van der Waals surface area contributed by atoms with Crippen LogP contribution >= 0.6 is 0 Å². The van der Waals surface area contributed by atoms with Gasteiger partial charge < -0.3 is 9.80 Å². The number of nitrogens with zero attached hydrogens (tertiary/aromatic N) is 4. The largest absolute Gasteiger partial charge is 0.353 e. The maximum absolute atomic E-state index is 15.1. The topological polar surface area (TPSA) is 73.8 Å². The molecule has 0 bridgehead atoms. The van der Waals surface area contributed by atoms with Gasteiger partial charge in [0, 0.05) is 56.3 Å². The first-order valence-corrected chi connectivity index (χ1v) is 13.0. The van der Waals surface area contributed by atoms with Crippen LogP contribution in [0.2, 0.25) is 0 Å². The van der Waals surface area contributed by atoms with E-state index >= 15 is 4.39 Å². The predicted octanol–water partition coefficient (Wildman–Crippen LogP) is 3.60. The van der Waals surface area contributed by atoms with Crippen molar-refractivity contribution in [1.82, 2.24) is 14.8 Å². The summed E-state index contributed by atoms with van der Waals surface area (Å²) in [6.07, 6.45) is 4.20. The van der Waals surface area contributed by atoms with Crippen LogP contribution in [0.25, 0.3) is 0 Å². The van der Waals surface area contributed by atoms with E-state index in [-0.39, 0.29) is 36.3 Å². The van der Waals surface area contributed by atoms with Gasteiger partial charge in [0.15, 0.2) is 0 Å². The molecule has 1 aliphatic carbocycles. The highest BCUT2D eigenvalue weighted by atomic mass is 19.1. The number of hydrogen-bond acceptors (Lipinski definition) is 5. The Kier molecular flexibility index (Phi) is 6.77. The van der Waals surface area contributed by atoms with Crippen LogP contribution in [0.5, 0.6) is 0 Å². The molecule has 1 atom stereocenters. The Bertz CT molecular complexity index is 1160. The van der Waals surface area contributed by atoms with Gasteiger partial charge in [-0.25, -0.2) is 9.37 Å². The first-order valence-electron chi connectivity index (χ1n) is 13.0. The second-order valence-corrected chi connectivity index (χ2v) is 10.3. The van der Waals surface area contributed by atoms with Gasteiger partial charge in [-0.05, 0) is 38.0 Å². The standard InChI is InChI=1S/C28H33FN4O3/c1-20-8-7-13-24(30-20)31-14-16-32(17-15-31)25(34)18-28(22-11-5-6-12-23(22)29)19-26(35)33(27(28)36)21-9-3-2-4-10-21/h5-8,11-13,21H,2-4,9-10,14-19H2,1H3. The van der Waals surface area contributed by atoms with Gasteiger partial charge in [-0.15, -0.1) is 0 Å². The van der Waals surface area contributed by atoms with E-state index < -0.39 is 17.1 Å². The molecule has 1 aromatic carbocycles. The number of pyridine rings is 1. The molecule has 7 nitrogen and oxygen atoms in total. The van der Waals surface area contributed by atoms with Gasteiger partial charge in [0.1, 0.15) is 11.6 Å². The number of anilines is 1. The van der Waals surface area contributed by atoms with Crippen molar-refractivity contribution in [3.05, 3.63) is 59.5 Å². The fraction of sp³-hybridized carbons (Fsp3) is 0.500. The Morgan fingerprint density at radius 1 is 1.00 bits per heavy atom. The summed E-state index contributed by atoms with van der Waals surface area (Å²) in [7, 11) is 0. The molecule has 8 heteroatoms. The number of imide groups is 1. The summed E-state index contributed by atoms with van der Waals surface area (Å²) in [5.74, 6) is -0.600. The highest BCUT2D eigenvalue weighted by Gasteiger charge is 2.56. The lowest BCUT2D eigenvalue weighted by Crippen LogP contribution is -2.52. The third-order valence-electron chi connectivity index (χ3n) is 7.96. The average molecular weight is 493 g/mol. The number of amides is 3. The van der Waals surface area contributed by atoms with Crippen molar-refractivity contribution in [1.29, 1.82) is 0 Å². The van der Waals surface area contributed by atoms with Crippen molar-refractivity contribution in [3.63, 3.8) is 0 Å². The molecular weight excluding hydrogens is 459 g/mol. The van der Waals surface area contributed by atoms with Crippen LogP contribution in [-0.2, 0) is 19.8 Å². The van der Waals surface area contributed by atoms with Crippen LogP contribution in [0.15, 0.2) is 42.5 Å². The minimum atomic E-state index is -1.49. The second-order valence-electron chi connectivity index (χ2n) is 10.3. The summed E-state index contributed by atoms with van der Waals surface area (Å²) in [4.78, 5) is 50.5. The number of carbonyl (C=O) groups is 3. The van der Waals surface area contributed by atoms with Crippen LogP contribution < -0.4 is 4.90 Å². The van der Waals surface area contributed by atoms with Gasteiger partial charge in [-0.1, -0.05) is 43.5 Å². The third kappa shape index (κ3) is 4.49. The number of rotatable bonds is 5. The molecule has 3 aliphatic rings. The van der Waals surface area contributed by atoms with Crippen LogP contribution in [0.3, 0.4) is 0 Å². The molecule has 2 aliphatic heterocycles. The molecule has 5 rings (SSSR count). The Hall–Kier alpha value is -3.29. The van der Waals surface area contributed by atoms with Gasteiger partial charge in [-0.2, -0.15) is 0 Å². The number of benzene rings is 1. The second kappa shape index (κ2) is 9.99. The molecule has 1 aromatic heterocycles. The maximum atomic E-state index is 15.1. The number of aryl methyl sites for hydroxylation is 1.